The van der Waals surface area contributed by atoms with Crippen molar-refractivity contribution < 1.29 is 58.8 Å². The number of carboxylic acids is 4. The van der Waals surface area contributed by atoms with Crippen molar-refractivity contribution in [2.24, 2.45) is 11.5 Å². The minimum Gasteiger partial charge on any atom is -0.480 e. The highest BCUT2D eigenvalue weighted by atomic mass is 33.1. The van der Waals surface area contributed by atoms with Crippen LogP contribution in [0.2, 0.25) is 0 Å². The maximum atomic E-state index is 12.4. The van der Waals surface area contributed by atoms with Crippen LogP contribution in [-0.2, 0) is 38.4 Å². The highest BCUT2D eigenvalue weighted by Crippen LogP contribution is 2.23. The molecule has 0 aromatic heterocycles. The highest BCUT2D eigenvalue weighted by molar-refractivity contribution is 8.76. The predicted molar refractivity (Wildman–Crippen MR) is 146 cm³/mol. The Morgan fingerprint density at radius 3 is 1.20 bits per heavy atom. The molecule has 0 heterocycles. The molecule has 0 aromatic rings. The van der Waals surface area contributed by atoms with Crippen molar-refractivity contribution in [1.82, 2.24) is 27.4 Å². The fourth-order valence-corrected chi connectivity index (χ4v) is 4.85. The second-order valence-corrected chi connectivity index (χ2v) is 10.6. The molecule has 0 aromatic carbocycles. The Hall–Kier alpha value is -3.66. The lowest BCUT2D eigenvalue weighted by atomic mass is 10.1. The Kier molecular flexibility index (Phi) is 20.4. The zero-order valence-corrected chi connectivity index (χ0v) is 23.6. The van der Waals surface area contributed by atoms with Crippen LogP contribution in [0.25, 0.3) is 0 Å². The quantitative estimate of drug-likeness (QED) is 0.0432. The van der Waals surface area contributed by atoms with E-state index in [1.165, 1.54) is 0 Å². The molecule has 19 nitrogen and oxygen atoms in total. The third-order valence-electron chi connectivity index (χ3n) is 4.68. The van der Waals surface area contributed by atoms with E-state index in [1.54, 1.807) is 0 Å². The molecule has 4 atom stereocenters. The normalized spacial score (nSPS) is 13.2. The summed E-state index contributed by atoms with van der Waals surface area (Å²) < 4.78 is 0. The van der Waals surface area contributed by atoms with Gasteiger partial charge in [0.05, 0.1) is 0 Å². The molecular formula is C20H36N7O12S2+. The number of rotatable bonds is 21. The molecule has 0 bridgehead atoms. The van der Waals surface area contributed by atoms with Gasteiger partial charge in [-0.2, -0.15) is 0 Å². The number of carbonyl (C=O) groups is 8. The Bertz CT molecular complexity index is 882. The summed E-state index contributed by atoms with van der Waals surface area (Å²) >= 11 is 0. The average Bonchev–Trinajstić information content (AvgIpc) is 2.87. The van der Waals surface area contributed by atoms with Gasteiger partial charge in [0.1, 0.15) is 37.3 Å². The molecular weight excluding hydrogens is 594 g/mol. The lowest BCUT2D eigenvalue weighted by Gasteiger charge is -2.20. The van der Waals surface area contributed by atoms with Gasteiger partial charge in [0, 0.05) is 24.3 Å². The number of amides is 4. The molecule has 0 radical (unpaired) electrons. The number of quaternary nitrogens is 1. The fourth-order valence-electron chi connectivity index (χ4n) is 2.52. The monoisotopic (exact) mass is 630 g/mol. The molecule has 16 N–H and O–H groups in total. The number of nitrogens with two attached hydrogens (primary N) is 2. The van der Waals surface area contributed by atoms with E-state index in [4.69, 9.17) is 31.9 Å². The van der Waals surface area contributed by atoms with Crippen LogP contribution in [0.1, 0.15) is 25.7 Å². The molecule has 0 aliphatic heterocycles. The van der Waals surface area contributed by atoms with Crippen LogP contribution in [0.4, 0.5) is 0 Å². The van der Waals surface area contributed by atoms with E-state index in [1.807, 2.05) is 0 Å². The Morgan fingerprint density at radius 2 is 0.927 bits per heavy atom. The third kappa shape index (κ3) is 19.1. The maximum Gasteiger partial charge on any atom is 0.322 e. The SMILES string of the molecule is N[C@@H](CCC(=O)N[C@@H](CSSC[C@H](NC(=O)CC[C@H](N)C(=O)O)C(=O)NCC(=O)O)C(=O)NCC(=O)O)C(=O)O.[NH4+]. The fraction of sp³-hybridized carbons (Fsp3) is 0.600. The van der Waals surface area contributed by atoms with Gasteiger partial charge in [-0.15, -0.1) is 0 Å². The van der Waals surface area contributed by atoms with Crippen LogP contribution in [0, 0.1) is 0 Å². The van der Waals surface area contributed by atoms with Crippen molar-refractivity contribution in [2.45, 2.75) is 49.9 Å². The summed E-state index contributed by atoms with van der Waals surface area (Å²) in [7, 11) is 1.89. The van der Waals surface area contributed by atoms with Gasteiger partial charge in [-0.05, 0) is 12.8 Å². The first kappa shape index (κ1) is 39.5. The minimum atomic E-state index is -1.34. The minimum absolute atomic E-state index is 0. The van der Waals surface area contributed by atoms with Gasteiger partial charge in [0.25, 0.3) is 0 Å². The first-order chi connectivity index (χ1) is 18.6. The van der Waals surface area contributed by atoms with Gasteiger partial charge in [-0.3, -0.25) is 38.4 Å². The summed E-state index contributed by atoms with van der Waals surface area (Å²) in [5.74, 6) is -8.81. The van der Waals surface area contributed by atoms with E-state index in [0.29, 0.717) is 0 Å². The molecule has 0 fully saturated rings. The second kappa shape index (κ2) is 21.1. The Labute approximate surface area is 241 Å². The zero-order chi connectivity index (χ0) is 30.8. The van der Waals surface area contributed by atoms with Crippen molar-refractivity contribution in [2.75, 3.05) is 24.6 Å². The molecule has 0 spiro atoms. The van der Waals surface area contributed by atoms with Gasteiger partial charge in [0.2, 0.25) is 23.6 Å². The van der Waals surface area contributed by atoms with E-state index in [2.05, 4.69) is 21.3 Å². The molecule has 21 heteroatoms. The number of aliphatic carboxylic acids is 4. The summed E-state index contributed by atoms with van der Waals surface area (Å²) in [5, 5.41) is 44.1. The molecule has 0 aliphatic carbocycles. The number of hydrogen-bond acceptors (Lipinski definition) is 12. The smallest absolute Gasteiger partial charge is 0.322 e. The van der Waals surface area contributed by atoms with E-state index in [-0.39, 0.29) is 43.3 Å². The molecule has 0 saturated carbocycles. The second-order valence-electron chi connectivity index (χ2n) is 8.00. The summed E-state index contributed by atoms with van der Waals surface area (Å²) in [6, 6.07) is -5.16. The van der Waals surface area contributed by atoms with Crippen molar-refractivity contribution >= 4 is 69.1 Å². The van der Waals surface area contributed by atoms with Crippen LogP contribution in [0.15, 0.2) is 0 Å². The molecule has 4 amide bonds. The van der Waals surface area contributed by atoms with E-state index >= 15 is 0 Å². The molecule has 0 unspecified atom stereocenters. The zero-order valence-electron chi connectivity index (χ0n) is 22.0. The lowest BCUT2D eigenvalue weighted by Crippen LogP contribution is -2.50. The van der Waals surface area contributed by atoms with Gasteiger partial charge in [-0.25, -0.2) is 0 Å². The van der Waals surface area contributed by atoms with Crippen LogP contribution >= 0.6 is 21.6 Å². The molecule has 0 rings (SSSR count). The van der Waals surface area contributed by atoms with E-state index in [0.717, 1.165) is 21.6 Å². The number of carboxylic acid groups (broad SMARTS) is 4. The van der Waals surface area contributed by atoms with E-state index < -0.39 is 84.8 Å². The van der Waals surface area contributed by atoms with Crippen LogP contribution in [0.5, 0.6) is 0 Å². The van der Waals surface area contributed by atoms with Gasteiger partial charge in [0.15, 0.2) is 0 Å². The average molecular weight is 631 g/mol. The summed E-state index contributed by atoms with van der Waals surface area (Å²) in [6.45, 7) is -1.48. The lowest BCUT2D eigenvalue weighted by molar-refractivity contribution is -0.140. The van der Waals surface area contributed by atoms with Gasteiger partial charge in [-0.1, -0.05) is 21.6 Å². The van der Waals surface area contributed by atoms with Crippen molar-refractivity contribution in [3.8, 4) is 0 Å². The Morgan fingerprint density at radius 1 is 0.610 bits per heavy atom. The third-order valence-corrected chi connectivity index (χ3v) is 7.11. The summed E-state index contributed by atoms with van der Waals surface area (Å²) in [6.07, 6.45) is -1.12. The van der Waals surface area contributed by atoms with Gasteiger partial charge < -0.3 is 59.3 Å². The topological polar surface area (TPSA) is 354 Å². The molecule has 41 heavy (non-hydrogen) atoms. The molecule has 0 saturated heterocycles. The first-order valence-corrected chi connectivity index (χ1v) is 13.9. The molecule has 234 valence electrons. The van der Waals surface area contributed by atoms with Crippen molar-refractivity contribution in [3.05, 3.63) is 0 Å². The summed E-state index contributed by atoms with van der Waals surface area (Å²) in [5.41, 5.74) is 10.7. The van der Waals surface area contributed by atoms with Crippen molar-refractivity contribution in [1.29, 1.82) is 0 Å². The van der Waals surface area contributed by atoms with Gasteiger partial charge >= 0.3 is 23.9 Å². The first-order valence-electron chi connectivity index (χ1n) is 11.4. The highest BCUT2D eigenvalue weighted by Gasteiger charge is 2.25. The van der Waals surface area contributed by atoms with Crippen LogP contribution in [0.3, 0.4) is 0 Å². The van der Waals surface area contributed by atoms with Crippen LogP contribution < -0.4 is 38.9 Å². The van der Waals surface area contributed by atoms with E-state index in [9.17, 15) is 38.4 Å². The summed E-state index contributed by atoms with van der Waals surface area (Å²) in [4.78, 5) is 92.3. The van der Waals surface area contributed by atoms with Crippen LogP contribution in [-0.4, -0.2) is 117 Å². The standard InChI is InChI=1S/C20H32N6O12S2.H3N/c21-9(19(35)36)1-3-13(27)25-11(17(33)23-5-15(29)30)7-39-40-8-12(18(34)24-6-16(31)32)26-14(28)4-2-10(22)20(37)38;/h9-12H,1-8,21-22H2,(H,23,33)(H,24,34)(H,25,27)(H,26,28)(H,29,30)(H,31,32)(H,35,36)(H,37,38);1H3/p+1/t9-,10-,11-,12-;/m0./s1. The number of hydrogen-bond donors (Lipinski definition) is 11. The predicted octanol–water partition coefficient (Wildman–Crippen LogP) is -3.50. The number of nitrogens with one attached hydrogen (secondary N) is 4. The number of carbonyl (C=O) groups excluding carboxylic acids is 4. The molecule has 0 aliphatic rings. The Balaban J connectivity index is 0. The maximum absolute atomic E-state index is 12.4. The van der Waals surface area contributed by atoms with Crippen molar-refractivity contribution in [3.63, 3.8) is 0 Å². The largest absolute Gasteiger partial charge is 0.480 e.